The summed E-state index contributed by atoms with van der Waals surface area (Å²) in [7, 11) is 0. The normalized spacial score (nSPS) is 16.0. The van der Waals surface area contributed by atoms with Crippen LogP contribution in [0.4, 0.5) is 5.69 Å². The van der Waals surface area contributed by atoms with E-state index in [0.717, 1.165) is 31.7 Å². The molecule has 3 rings (SSSR count). The van der Waals surface area contributed by atoms with Crippen molar-refractivity contribution in [2.24, 2.45) is 0 Å². The summed E-state index contributed by atoms with van der Waals surface area (Å²) in [4.78, 5) is 4.68. The third-order valence-electron chi connectivity index (χ3n) is 3.99. The SMILES string of the molecule is Oc1c(Cl)cc(Cl)cc1CN1CCN(c2ccccc2)CC1. The van der Waals surface area contributed by atoms with Crippen molar-refractivity contribution in [2.75, 3.05) is 31.1 Å². The van der Waals surface area contributed by atoms with Crippen LogP contribution in [0.3, 0.4) is 0 Å². The minimum Gasteiger partial charge on any atom is -0.506 e. The summed E-state index contributed by atoms with van der Waals surface area (Å²) in [5, 5.41) is 10.9. The van der Waals surface area contributed by atoms with Gasteiger partial charge in [0, 0.05) is 49.0 Å². The summed E-state index contributed by atoms with van der Waals surface area (Å²) >= 11 is 12.0. The van der Waals surface area contributed by atoms with Gasteiger partial charge in [0.2, 0.25) is 0 Å². The molecule has 22 heavy (non-hydrogen) atoms. The predicted octanol–water partition coefficient (Wildman–Crippen LogP) is 4.02. The summed E-state index contributed by atoms with van der Waals surface area (Å²) in [5.74, 6) is 0.136. The smallest absolute Gasteiger partial charge is 0.138 e. The summed E-state index contributed by atoms with van der Waals surface area (Å²) in [6.45, 7) is 4.49. The highest BCUT2D eigenvalue weighted by Gasteiger charge is 2.19. The number of halogens is 2. The van der Waals surface area contributed by atoms with Crippen molar-refractivity contribution in [1.29, 1.82) is 0 Å². The van der Waals surface area contributed by atoms with Crippen LogP contribution in [-0.4, -0.2) is 36.2 Å². The molecular formula is C17H18Cl2N2O. The van der Waals surface area contributed by atoms with Crippen LogP contribution in [0.2, 0.25) is 10.0 Å². The third kappa shape index (κ3) is 3.49. The number of nitrogens with zero attached hydrogens (tertiary/aromatic N) is 2. The van der Waals surface area contributed by atoms with Crippen LogP contribution >= 0.6 is 23.2 Å². The van der Waals surface area contributed by atoms with Crippen LogP contribution in [0.1, 0.15) is 5.56 Å². The van der Waals surface area contributed by atoms with Crippen LogP contribution in [0.5, 0.6) is 5.75 Å². The van der Waals surface area contributed by atoms with E-state index < -0.39 is 0 Å². The van der Waals surface area contributed by atoms with Crippen molar-refractivity contribution in [3.05, 3.63) is 58.1 Å². The van der Waals surface area contributed by atoms with Crippen LogP contribution < -0.4 is 4.90 Å². The zero-order valence-corrected chi connectivity index (χ0v) is 13.7. The second-order valence-corrected chi connectivity index (χ2v) is 6.34. The molecule has 0 saturated carbocycles. The number of para-hydroxylation sites is 1. The monoisotopic (exact) mass is 336 g/mol. The van der Waals surface area contributed by atoms with Crippen LogP contribution in [-0.2, 0) is 6.54 Å². The molecule has 2 aromatic rings. The summed E-state index contributed by atoms with van der Waals surface area (Å²) in [6, 6.07) is 13.8. The zero-order chi connectivity index (χ0) is 15.5. The molecule has 0 aromatic heterocycles. The van der Waals surface area contributed by atoms with Crippen LogP contribution in [0.25, 0.3) is 0 Å². The lowest BCUT2D eigenvalue weighted by molar-refractivity contribution is 0.247. The van der Waals surface area contributed by atoms with Gasteiger partial charge in [-0.05, 0) is 24.3 Å². The van der Waals surface area contributed by atoms with E-state index in [4.69, 9.17) is 23.2 Å². The number of anilines is 1. The second kappa shape index (κ2) is 6.78. The Bertz CT molecular complexity index is 641. The van der Waals surface area contributed by atoms with Gasteiger partial charge in [0.1, 0.15) is 5.75 Å². The van der Waals surface area contributed by atoms with Crippen molar-refractivity contribution < 1.29 is 5.11 Å². The van der Waals surface area contributed by atoms with Gasteiger partial charge in [0.25, 0.3) is 0 Å². The molecule has 0 spiro atoms. The van der Waals surface area contributed by atoms with E-state index in [-0.39, 0.29) is 5.75 Å². The highest BCUT2D eigenvalue weighted by molar-refractivity contribution is 6.35. The average molecular weight is 337 g/mol. The lowest BCUT2D eigenvalue weighted by atomic mass is 10.1. The molecule has 2 aromatic carbocycles. The minimum absolute atomic E-state index is 0.136. The third-order valence-corrected chi connectivity index (χ3v) is 4.50. The van der Waals surface area contributed by atoms with Gasteiger partial charge in [-0.2, -0.15) is 0 Å². The largest absolute Gasteiger partial charge is 0.506 e. The molecule has 1 N–H and O–H groups in total. The molecule has 0 aliphatic carbocycles. The van der Waals surface area contributed by atoms with E-state index in [1.807, 2.05) is 6.07 Å². The molecule has 1 fully saturated rings. The molecule has 0 amide bonds. The first-order chi connectivity index (χ1) is 10.6. The van der Waals surface area contributed by atoms with Gasteiger partial charge in [-0.15, -0.1) is 0 Å². The fraction of sp³-hybridized carbons (Fsp3) is 0.294. The van der Waals surface area contributed by atoms with E-state index in [1.54, 1.807) is 12.1 Å². The van der Waals surface area contributed by atoms with Crippen molar-refractivity contribution in [2.45, 2.75) is 6.54 Å². The van der Waals surface area contributed by atoms with E-state index in [1.165, 1.54) is 5.69 Å². The Morgan fingerprint density at radius 1 is 0.955 bits per heavy atom. The minimum atomic E-state index is 0.136. The Labute approximate surface area is 140 Å². The highest BCUT2D eigenvalue weighted by Crippen LogP contribution is 2.32. The maximum absolute atomic E-state index is 10.1. The van der Waals surface area contributed by atoms with Crippen LogP contribution in [0.15, 0.2) is 42.5 Å². The molecule has 0 radical (unpaired) electrons. The van der Waals surface area contributed by atoms with Gasteiger partial charge < -0.3 is 10.0 Å². The van der Waals surface area contributed by atoms with E-state index in [9.17, 15) is 5.11 Å². The first kappa shape index (κ1) is 15.5. The number of phenolic OH excluding ortho intramolecular Hbond substituents is 1. The molecule has 0 atom stereocenters. The topological polar surface area (TPSA) is 26.7 Å². The molecule has 1 heterocycles. The Kier molecular flexibility index (Phi) is 4.77. The van der Waals surface area contributed by atoms with Crippen molar-refractivity contribution >= 4 is 28.9 Å². The van der Waals surface area contributed by atoms with Crippen molar-refractivity contribution in [1.82, 2.24) is 4.90 Å². The Morgan fingerprint density at radius 3 is 2.32 bits per heavy atom. The maximum Gasteiger partial charge on any atom is 0.138 e. The molecule has 0 unspecified atom stereocenters. The Morgan fingerprint density at radius 2 is 1.64 bits per heavy atom. The summed E-state index contributed by atoms with van der Waals surface area (Å²) in [5.41, 5.74) is 2.04. The second-order valence-electron chi connectivity index (χ2n) is 5.49. The highest BCUT2D eigenvalue weighted by atomic mass is 35.5. The summed E-state index contributed by atoms with van der Waals surface area (Å²) in [6.07, 6.45) is 0. The van der Waals surface area contributed by atoms with Gasteiger partial charge in [0.05, 0.1) is 5.02 Å². The lowest BCUT2D eigenvalue weighted by Gasteiger charge is -2.36. The van der Waals surface area contributed by atoms with Crippen LogP contribution in [0, 0.1) is 0 Å². The van der Waals surface area contributed by atoms with Gasteiger partial charge in [-0.25, -0.2) is 0 Å². The molecule has 0 bridgehead atoms. The maximum atomic E-state index is 10.1. The molecule has 1 saturated heterocycles. The number of aromatic hydroxyl groups is 1. The Balaban J connectivity index is 1.63. The van der Waals surface area contributed by atoms with E-state index in [0.29, 0.717) is 16.6 Å². The van der Waals surface area contributed by atoms with Gasteiger partial charge in [-0.3, -0.25) is 4.90 Å². The molecule has 1 aliphatic rings. The number of hydrogen-bond donors (Lipinski definition) is 1. The number of rotatable bonds is 3. The van der Waals surface area contributed by atoms with Gasteiger partial charge in [0.15, 0.2) is 0 Å². The van der Waals surface area contributed by atoms with E-state index >= 15 is 0 Å². The Hall–Kier alpha value is -1.42. The van der Waals surface area contributed by atoms with Gasteiger partial charge in [-0.1, -0.05) is 41.4 Å². The fourth-order valence-electron chi connectivity index (χ4n) is 2.78. The summed E-state index contributed by atoms with van der Waals surface area (Å²) < 4.78 is 0. The first-order valence-electron chi connectivity index (χ1n) is 7.33. The molecule has 116 valence electrons. The quantitative estimate of drug-likeness (QED) is 0.916. The molecular weight excluding hydrogens is 319 g/mol. The zero-order valence-electron chi connectivity index (χ0n) is 12.2. The molecule has 1 aliphatic heterocycles. The average Bonchev–Trinajstić information content (AvgIpc) is 2.54. The molecule has 3 nitrogen and oxygen atoms in total. The molecule has 5 heteroatoms. The lowest BCUT2D eigenvalue weighted by Crippen LogP contribution is -2.45. The number of benzene rings is 2. The van der Waals surface area contributed by atoms with E-state index in [2.05, 4.69) is 34.1 Å². The number of piperazine rings is 1. The standard InChI is InChI=1S/C17H18Cl2N2O/c18-14-10-13(17(22)16(19)11-14)12-20-6-8-21(9-7-20)15-4-2-1-3-5-15/h1-5,10-11,22H,6-9,12H2. The first-order valence-corrected chi connectivity index (χ1v) is 8.08. The van der Waals surface area contributed by atoms with Crippen molar-refractivity contribution in [3.8, 4) is 5.75 Å². The number of phenols is 1. The predicted molar refractivity (Wildman–Crippen MR) is 92.1 cm³/mol. The fourth-order valence-corrected chi connectivity index (χ4v) is 3.32. The van der Waals surface area contributed by atoms with Crippen molar-refractivity contribution in [3.63, 3.8) is 0 Å². The van der Waals surface area contributed by atoms with Gasteiger partial charge >= 0.3 is 0 Å². The number of hydrogen-bond acceptors (Lipinski definition) is 3.